The number of nitrogens with two attached hydrogens (primary N) is 1. The number of carboxylic acids is 1. The SMILES string of the molecule is Cc1nc(NC(C(N)=O)C(C)C)sc1C(=O)O. The van der Waals surface area contributed by atoms with E-state index in [1.54, 1.807) is 6.92 Å². The van der Waals surface area contributed by atoms with Gasteiger partial charge in [-0.05, 0) is 12.8 Å². The number of carbonyl (C=O) groups is 2. The molecule has 0 bridgehead atoms. The van der Waals surface area contributed by atoms with Gasteiger partial charge in [-0.25, -0.2) is 9.78 Å². The maximum atomic E-state index is 11.2. The van der Waals surface area contributed by atoms with E-state index in [4.69, 9.17) is 10.8 Å². The molecule has 1 unspecified atom stereocenters. The van der Waals surface area contributed by atoms with Crippen LogP contribution in [0.4, 0.5) is 5.13 Å². The number of carbonyl (C=O) groups excluding carboxylic acids is 1. The standard InChI is InChI=1S/C10H15N3O3S/c1-4(2)6(8(11)14)13-10-12-5(3)7(17-10)9(15)16/h4,6H,1-3H3,(H2,11,14)(H,12,13)(H,15,16). The molecule has 94 valence electrons. The molecule has 7 heteroatoms. The highest BCUT2D eigenvalue weighted by atomic mass is 32.1. The molecule has 6 nitrogen and oxygen atoms in total. The molecular weight excluding hydrogens is 242 g/mol. The Morgan fingerprint density at radius 1 is 1.47 bits per heavy atom. The number of aryl methyl sites for hydroxylation is 1. The van der Waals surface area contributed by atoms with Gasteiger partial charge in [-0.3, -0.25) is 4.79 Å². The molecule has 0 aliphatic carbocycles. The van der Waals surface area contributed by atoms with Crippen LogP contribution >= 0.6 is 11.3 Å². The van der Waals surface area contributed by atoms with E-state index in [2.05, 4.69) is 10.3 Å². The maximum Gasteiger partial charge on any atom is 0.347 e. The van der Waals surface area contributed by atoms with Gasteiger partial charge in [0.15, 0.2) is 5.13 Å². The molecule has 1 aromatic rings. The van der Waals surface area contributed by atoms with Crippen molar-refractivity contribution >= 4 is 28.3 Å². The van der Waals surface area contributed by atoms with Crippen molar-refractivity contribution < 1.29 is 14.7 Å². The Bertz CT molecular complexity index is 442. The molecule has 0 spiro atoms. The Morgan fingerprint density at radius 2 is 2.06 bits per heavy atom. The smallest absolute Gasteiger partial charge is 0.347 e. The second-order valence-electron chi connectivity index (χ2n) is 4.01. The average molecular weight is 257 g/mol. The van der Waals surface area contributed by atoms with Gasteiger partial charge in [-0.2, -0.15) is 0 Å². The zero-order valence-electron chi connectivity index (χ0n) is 9.85. The highest BCUT2D eigenvalue weighted by Crippen LogP contribution is 2.24. The van der Waals surface area contributed by atoms with Gasteiger partial charge in [0, 0.05) is 0 Å². The normalized spacial score (nSPS) is 12.5. The number of anilines is 1. The third-order valence-corrected chi connectivity index (χ3v) is 3.32. The zero-order valence-corrected chi connectivity index (χ0v) is 10.7. The summed E-state index contributed by atoms with van der Waals surface area (Å²) in [7, 11) is 0. The van der Waals surface area contributed by atoms with Crippen molar-refractivity contribution in [1.82, 2.24) is 4.98 Å². The van der Waals surface area contributed by atoms with E-state index in [0.717, 1.165) is 11.3 Å². The fourth-order valence-electron chi connectivity index (χ4n) is 1.36. The van der Waals surface area contributed by atoms with Crippen LogP contribution in [0, 0.1) is 12.8 Å². The van der Waals surface area contributed by atoms with Crippen LogP contribution in [-0.2, 0) is 4.79 Å². The number of primary amides is 1. The number of rotatable bonds is 5. The highest BCUT2D eigenvalue weighted by Gasteiger charge is 2.22. The lowest BCUT2D eigenvalue weighted by molar-refractivity contribution is -0.119. The molecular formula is C10H15N3O3S. The van der Waals surface area contributed by atoms with Crippen molar-refractivity contribution in [2.45, 2.75) is 26.8 Å². The van der Waals surface area contributed by atoms with Crippen molar-refractivity contribution in [2.24, 2.45) is 11.7 Å². The molecule has 1 aromatic heterocycles. The van der Waals surface area contributed by atoms with Crippen LogP contribution in [0.5, 0.6) is 0 Å². The van der Waals surface area contributed by atoms with Crippen LogP contribution in [0.25, 0.3) is 0 Å². The molecule has 1 rings (SSSR count). The third-order valence-electron chi connectivity index (χ3n) is 2.24. The lowest BCUT2D eigenvalue weighted by atomic mass is 10.0. The van der Waals surface area contributed by atoms with Gasteiger partial charge in [-0.1, -0.05) is 25.2 Å². The number of carboxylic acid groups (broad SMARTS) is 1. The Labute approximate surface area is 103 Å². The van der Waals surface area contributed by atoms with Crippen LogP contribution in [0.15, 0.2) is 0 Å². The number of aromatic nitrogens is 1. The summed E-state index contributed by atoms with van der Waals surface area (Å²) in [4.78, 5) is 26.3. The average Bonchev–Trinajstić information content (AvgIpc) is 2.55. The Morgan fingerprint density at radius 3 is 2.41 bits per heavy atom. The van der Waals surface area contributed by atoms with E-state index in [0.29, 0.717) is 10.8 Å². The molecule has 0 radical (unpaired) electrons. The summed E-state index contributed by atoms with van der Waals surface area (Å²) in [6, 6.07) is -0.554. The molecule has 0 fully saturated rings. The first-order valence-electron chi connectivity index (χ1n) is 5.09. The molecule has 1 amide bonds. The number of aromatic carboxylic acids is 1. The number of nitrogens with zero attached hydrogens (tertiary/aromatic N) is 1. The first kappa shape index (κ1) is 13.4. The van der Waals surface area contributed by atoms with E-state index >= 15 is 0 Å². The molecule has 1 atom stereocenters. The predicted octanol–water partition coefficient (Wildman–Crippen LogP) is 1.07. The van der Waals surface area contributed by atoms with Crippen molar-refractivity contribution in [1.29, 1.82) is 0 Å². The summed E-state index contributed by atoms with van der Waals surface area (Å²) in [5, 5.41) is 12.1. The van der Waals surface area contributed by atoms with Gasteiger partial charge in [-0.15, -0.1) is 0 Å². The van der Waals surface area contributed by atoms with Gasteiger partial charge >= 0.3 is 5.97 Å². The minimum Gasteiger partial charge on any atom is -0.477 e. The van der Waals surface area contributed by atoms with Crippen molar-refractivity contribution in [3.63, 3.8) is 0 Å². The first-order valence-corrected chi connectivity index (χ1v) is 5.91. The lowest BCUT2D eigenvalue weighted by Gasteiger charge is -2.17. The lowest BCUT2D eigenvalue weighted by Crippen LogP contribution is -2.39. The Kier molecular flexibility index (Phi) is 4.06. The van der Waals surface area contributed by atoms with Crippen LogP contribution < -0.4 is 11.1 Å². The number of hydrogen-bond acceptors (Lipinski definition) is 5. The minimum absolute atomic E-state index is 0.00461. The maximum absolute atomic E-state index is 11.2. The molecule has 1 heterocycles. The molecule has 17 heavy (non-hydrogen) atoms. The van der Waals surface area contributed by atoms with E-state index < -0.39 is 17.9 Å². The fraction of sp³-hybridized carbons (Fsp3) is 0.500. The fourth-order valence-corrected chi connectivity index (χ4v) is 2.20. The molecule has 4 N–H and O–H groups in total. The summed E-state index contributed by atoms with van der Waals surface area (Å²) in [6.45, 7) is 5.31. The van der Waals surface area contributed by atoms with E-state index in [9.17, 15) is 9.59 Å². The first-order chi connectivity index (χ1) is 7.82. The summed E-state index contributed by atoms with van der Waals surface area (Å²) < 4.78 is 0. The van der Waals surface area contributed by atoms with E-state index in [1.807, 2.05) is 13.8 Å². The van der Waals surface area contributed by atoms with Gasteiger partial charge in [0.1, 0.15) is 10.9 Å². The van der Waals surface area contributed by atoms with Crippen molar-refractivity contribution in [3.05, 3.63) is 10.6 Å². The molecule has 0 aliphatic heterocycles. The monoisotopic (exact) mass is 257 g/mol. The topological polar surface area (TPSA) is 105 Å². The summed E-state index contributed by atoms with van der Waals surface area (Å²) >= 11 is 1.00. The summed E-state index contributed by atoms with van der Waals surface area (Å²) in [6.07, 6.45) is 0. The largest absolute Gasteiger partial charge is 0.477 e. The second kappa shape index (κ2) is 5.13. The number of amides is 1. The molecule has 0 saturated heterocycles. The van der Waals surface area contributed by atoms with Gasteiger partial charge in [0.25, 0.3) is 0 Å². The number of hydrogen-bond donors (Lipinski definition) is 3. The van der Waals surface area contributed by atoms with Gasteiger partial charge in [0.2, 0.25) is 5.91 Å². The zero-order chi connectivity index (χ0) is 13.2. The van der Waals surface area contributed by atoms with Crippen LogP contribution in [-0.4, -0.2) is 28.0 Å². The second-order valence-corrected chi connectivity index (χ2v) is 5.01. The van der Waals surface area contributed by atoms with Crippen molar-refractivity contribution in [3.8, 4) is 0 Å². The Balaban J connectivity index is 2.91. The van der Waals surface area contributed by atoms with E-state index in [-0.39, 0.29) is 10.8 Å². The van der Waals surface area contributed by atoms with Gasteiger partial charge in [0.05, 0.1) is 5.69 Å². The minimum atomic E-state index is -1.02. The summed E-state index contributed by atoms with van der Waals surface area (Å²) in [5.74, 6) is -1.50. The third kappa shape index (κ3) is 3.16. The number of nitrogens with one attached hydrogen (secondary N) is 1. The molecule has 0 aromatic carbocycles. The number of thiazole rings is 1. The van der Waals surface area contributed by atoms with Crippen LogP contribution in [0.3, 0.4) is 0 Å². The van der Waals surface area contributed by atoms with Crippen molar-refractivity contribution in [2.75, 3.05) is 5.32 Å². The molecule has 0 aliphatic rings. The van der Waals surface area contributed by atoms with Gasteiger partial charge < -0.3 is 16.2 Å². The van der Waals surface area contributed by atoms with Crippen LogP contribution in [0.1, 0.15) is 29.2 Å². The predicted molar refractivity (Wildman–Crippen MR) is 65.3 cm³/mol. The van der Waals surface area contributed by atoms with Crippen LogP contribution in [0.2, 0.25) is 0 Å². The Hall–Kier alpha value is -1.63. The quantitative estimate of drug-likeness (QED) is 0.731. The van der Waals surface area contributed by atoms with E-state index in [1.165, 1.54) is 0 Å². The molecule has 0 saturated carbocycles. The summed E-state index contributed by atoms with van der Waals surface area (Å²) in [5.41, 5.74) is 5.68. The highest BCUT2D eigenvalue weighted by molar-refractivity contribution is 7.17.